The molecule has 21 heavy (non-hydrogen) atoms. The number of carbonyl (C=O) groups is 2. The summed E-state index contributed by atoms with van der Waals surface area (Å²) in [5.41, 5.74) is 1.10. The van der Waals surface area contributed by atoms with Crippen molar-refractivity contribution < 1.29 is 18.7 Å². The molecule has 110 valence electrons. The molecule has 0 radical (unpaired) electrons. The Kier molecular flexibility index (Phi) is 4.98. The summed E-state index contributed by atoms with van der Waals surface area (Å²) >= 11 is 0. The second-order valence-electron chi connectivity index (χ2n) is 4.28. The lowest BCUT2D eigenvalue weighted by Gasteiger charge is -2.08. The minimum absolute atomic E-state index is 0.103. The normalized spacial score (nSPS) is 9.95. The van der Waals surface area contributed by atoms with Crippen LogP contribution in [0.5, 0.6) is 0 Å². The number of nitrogens with one attached hydrogen (secondary N) is 2. The predicted octanol–water partition coefficient (Wildman–Crippen LogP) is 1.79. The van der Waals surface area contributed by atoms with E-state index in [9.17, 15) is 9.59 Å². The Bertz CT molecular complexity index is 608. The number of hydrogen-bond acceptors (Lipinski definition) is 5. The Hall–Kier alpha value is -2.76. The van der Waals surface area contributed by atoms with Gasteiger partial charge in [0.05, 0.1) is 32.0 Å². The molecule has 0 aliphatic rings. The van der Waals surface area contributed by atoms with Gasteiger partial charge in [-0.15, -0.1) is 0 Å². The van der Waals surface area contributed by atoms with E-state index in [0.717, 1.165) is 0 Å². The van der Waals surface area contributed by atoms with Gasteiger partial charge in [0.1, 0.15) is 5.76 Å². The molecule has 0 unspecified atom stereocenters. The molecule has 0 bridgehead atoms. The summed E-state index contributed by atoms with van der Waals surface area (Å²) in [6.45, 7) is 0.445. The number of methoxy groups -OCH3 is 1. The molecule has 6 nitrogen and oxygen atoms in total. The van der Waals surface area contributed by atoms with Gasteiger partial charge in [-0.05, 0) is 30.3 Å². The van der Waals surface area contributed by atoms with Crippen LogP contribution in [0.15, 0.2) is 47.1 Å². The Morgan fingerprint density at radius 3 is 2.81 bits per heavy atom. The average Bonchev–Trinajstić information content (AvgIpc) is 3.04. The van der Waals surface area contributed by atoms with Crippen LogP contribution in [-0.4, -0.2) is 25.5 Å². The molecule has 1 amide bonds. The molecule has 0 atom stereocenters. The summed E-state index contributed by atoms with van der Waals surface area (Å²) in [5, 5.41) is 5.66. The lowest BCUT2D eigenvalue weighted by molar-refractivity contribution is -0.119. The van der Waals surface area contributed by atoms with Crippen LogP contribution in [0, 0.1) is 0 Å². The minimum Gasteiger partial charge on any atom is -0.467 e. The number of furan rings is 1. The first-order chi connectivity index (χ1) is 10.2. The van der Waals surface area contributed by atoms with E-state index >= 15 is 0 Å². The van der Waals surface area contributed by atoms with Crippen molar-refractivity contribution in [1.29, 1.82) is 0 Å². The van der Waals surface area contributed by atoms with Crippen LogP contribution in [-0.2, 0) is 16.1 Å². The van der Waals surface area contributed by atoms with Gasteiger partial charge in [-0.2, -0.15) is 0 Å². The Balaban J connectivity index is 1.82. The highest BCUT2D eigenvalue weighted by atomic mass is 16.5. The van der Waals surface area contributed by atoms with E-state index in [4.69, 9.17) is 4.42 Å². The maximum atomic E-state index is 11.7. The van der Waals surface area contributed by atoms with Gasteiger partial charge in [0, 0.05) is 5.69 Å². The first-order valence-corrected chi connectivity index (χ1v) is 6.40. The second-order valence-corrected chi connectivity index (χ2v) is 4.28. The smallest absolute Gasteiger partial charge is 0.337 e. The van der Waals surface area contributed by atoms with Crippen LogP contribution >= 0.6 is 0 Å². The molecule has 2 aromatic rings. The number of esters is 1. The Morgan fingerprint density at radius 1 is 1.24 bits per heavy atom. The van der Waals surface area contributed by atoms with Crippen molar-refractivity contribution in [2.24, 2.45) is 0 Å². The molecule has 0 spiro atoms. The van der Waals surface area contributed by atoms with Crippen molar-refractivity contribution in [3.05, 3.63) is 54.0 Å². The molecule has 2 N–H and O–H groups in total. The first kappa shape index (κ1) is 14.6. The summed E-state index contributed by atoms with van der Waals surface area (Å²) in [6.07, 6.45) is 1.55. The molecular formula is C15H16N2O4. The topological polar surface area (TPSA) is 80.6 Å². The molecule has 0 aliphatic heterocycles. The average molecular weight is 288 g/mol. The zero-order valence-corrected chi connectivity index (χ0v) is 11.6. The molecule has 0 fully saturated rings. The quantitative estimate of drug-likeness (QED) is 0.792. The highest BCUT2D eigenvalue weighted by Gasteiger charge is 2.07. The summed E-state index contributed by atoms with van der Waals surface area (Å²) in [5.74, 6) is 0.104. The zero-order valence-electron chi connectivity index (χ0n) is 11.6. The fraction of sp³-hybridized carbons (Fsp3) is 0.200. The SMILES string of the molecule is COC(=O)c1cccc(NCC(=O)NCc2ccco2)c1. The van der Waals surface area contributed by atoms with Crippen LogP contribution in [0.1, 0.15) is 16.1 Å². The first-order valence-electron chi connectivity index (χ1n) is 6.40. The summed E-state index contributed by atoms with van der Waals surface area (Å²) in [7, 11) is 1.32. The van der Waals surface area contributed by atoms with E-state index < -0.39 is 5.97 Å². The van der Waals surface area contributed by atoms with E-state index in [2.05, 4.69) is 15.4 Å². The van der Waals surface area contributed by atoms with Gasteiger partial charge in [-0.3, -0.25) is 4.79 Å². The van der Waals surface area contributed by atoms with Crippen LogP contribution in [0.4, 0.5) is 5.69 Å². The third-order valence-corrected chi connectivity index (χ3v) is 2.78. The fourth-order valence-corrected chi connectivity index (χ4v) is 1.72. The van der Waals surface area contributed by atoms with E-state index in [0.29, 0.717) is 23.6 Å². The van der Waals surface area contributed by atoms with Gasteiger partial charge in [-0.1, -0.05) is 6.07 Å². The lowest BCUT2D eigenvalue weighted by atomic mass is 10.2. The van der Waals surface area contributed by atoms with Crippen LogP contribution in [0.3, 0.4) is 0 Å². The monoisotopic (exact) mass is 288 g/mol. The largest absolute Gasteiger partial charge is 0.467 e. The second kappa shape index (κ2) is 7.14. The third-order valence-electron chi connectivity index (χ3n) is 2.78. The van der Waals surface area contributed by atoms with Crippen molar-refractivity contribution in [3.63, 3.8) is 0 Å². The van der Waals surface area contributed by atoms with Gasteiger partial charge in [0.15, 0.2) is 0 Å². The Labute approximate surface area is 122 Å². The van der Waals surface area contributed by atoms with E-state index in [1.165, 1.54) is 7.11 Å². The van der Waals surface area contributed by atoms with E-state index in [1.807, 2.05) is 0 Å². The van der Waals surface area contributed by atoms with Gasteiger partial charge >= 0.3 is 5.97 Å². The number of rotatable bonds is 6. The van der Waals surface area contributed by atoms with Crippen molar-refractivity contribution in [2.45, 2.75) is 6.54 Å². The highest BCUT2D eigenvalue weighted by molar-refractivity contribution is 5.90. The molecule has 0 saturated heterocycles. The van der Waals surface area contributed by atoms with E-state index in [1.54, 1.807) is 42.7 Å². The van der Waals surface area contributed by atoms with Crippen LogP contribution < -0.4 is 10.6 Å². The van der Waals surface area contributed by atoms with Crippen LogP contribution in [0.2, 0.25) is 0 Å². The molecule has 1 heterocycles. The number of hydrogen-bond donors (Lipinski definition) is 2. The maximum Gasteiger partial charge on any atom is 0.337 e. The highest BCUT2D eigenvalue weighted by Crippen LogP contribution is 2.11. The van der Waals surface area contributed by atoms with Crippen LogP contribution in [0.25, 0.3) is 0 Å². The maximum absolute atomic E-state index is 11.7. The Morgan fingerprint density at radius 2 is 2.10 bits per heavy atom. The fourth-order valence-electron chi connectivity index (χ4n) is 1.72. The molecular weight excluding hydrogens is 272 g/mol. The summed E-state index contributed by atoms with van der Waals surface area (Å²) in [4.78, 5) is 23.1. The van der Waals surface area contributed by atoms with Crippen molar-refractivity contribution in [2.75, 3.05) is 19.0 Å². The molecule has 2 rings (SSSR count). The predicted molar refractivity (Wildman–Crippen MR) is 76.8 cm³/mol. The van der Waals surface area contributed by atoms with Crippen molar-refractivity contribution in [1.82, 2.24) is 5.32 Å². The minimum atomic E-state index is -0.416. The molecule has 1 aromatic heterocycles. The molecule has 6 heteroatoms. The lowest BCUT2D eigenvalue weighted by Crippen LogP contribution is -2.29. The summed E-state index contributed by atoms with van der Waals surface area (Å²) < 4.78 is 9.75. The van der Waals surface area contributed by atoms with Gasteiger partial charge in [-0.25, -0.2) is 4.79 Å². The standard InChI is InChI=1S/C15H16N2O4/c1-20-15(19)11-4-2-5-12(8-11)16-10-14(18)17-9-13-6-3-7-21-13/h2-8,16H,9-10H2,1H3,(H,17,18). The van der Waals surface area contributed by atoms with E-state index in [-0.39, 0.29) is 12.5 Å². The van der Waals surface area contributed by atoms with Gasteiger partial charge in [0.2, 0.25) is 5.91 Å². The molecule has 0 saturated carbocycles. The summed E-state index contributed by atoms with van der Waals surface area (Å²) in [6, 6.07) is 10.3. The van der Waals surface area contributed by atoms with Crippen molar-refractivity contribution in [3.8, 4) is 0 Å². The number of ether oxygens (including phenoxy) is 1. The zero-order chi connectivity index (χ0) is 15.1. The number of carbonyl (C=O) groups excluding carboxylic acids is 2. The molecule has 1 aromatic carbocycles. The van der Waals surface area contributed by atoms with Gasteiger partial charge < -0.3 is 19.8 Å². The number of benzene rings is 1. The number of amides is 1. The third kappa shape index (κ3) is 4.38. The molecule has 0 aliphatic carbocycles. The van der Waals surface area contributed by atoms with Crippen molar-refractivity contribution >= 4 is 17.6 Å². The number of anilines is 1. The van der Waals surface area contributed by atoms with Gasteiger partial charge in [0.25, 0.3) is 0 Å².